The average molecular weight is 487 g/mol. The quantitative estimate of drug-likeness (QED) is 0.380. The summed E-state index contributed by atoms with van der Waals surface area (Å²) >= 11 is 4.98. The van der Waals surface area contributed by atoms with Gasteiger partial charge in [-0.15, -0.1) is 16.8 Å². The number of hydrogen-bond donors (Lipinski definition) is 1. The number of rotatable bonds is 6. The number of hydrogen-bond acceptors (Lipinski definition) is 8. The maximum atomic E-state index is 6.32. The van der Waals surface area contributed by atoms with E-state index in [1.807, 2.05) is 36.4 Å². The van der Waals surface area contributed by atoms with E-state index in [-0.39, 0.29) is 0 Å². The predicted molar refractivity (Wildman–Crippen MR) is 120 cm³/mol. The molecule has 1 N–H and O–H groups in total. The lowest BCUT2D eigenvalue weighted by Crippen LogP contribution is -2.18. The van der Waals surface area contributed by atoms with Crippen molar-refractivity contribution in [3.05, 3.63) is 59.1 Å². The molecule has 0 radical (unpaired) electrons. The standard InChI is InChI=1S/C21H19BrN4O3S/c1-4-9-30-21-24-20-17(25-26-21)13-7-5-6-8-15(13)23-19(29-20)14-10-12(22)11-16(27-2)18(14)28-3/h4-8,10-11,19,23H,1,9H2,2-3H3. The fraction of sp³-hybridized carbons (Fsp3) is 0.190. The molecule has 0 saturated carbocycles. The zero-order valence-electron chi connectivity index (χ0n) is 16.4. The van der Waals surface area contributed by atoms with Crippen LogP contribution in [0.5, 0.6) is 17.4 Å². The van der Waals surface area contributed by atoms with Gasteiger partial charge in [0.05, 0.1) is 19.8 Å². The molecule has 3 aromatic rings. The second kappa shape index (κ2) is 8.93. The number of halogens is 1. The summed E-state index contributed by atoms with van der Waals surface area (Å²) in [5, 5.41) is 12.6. The molecule has 154 valence electrons. The van der Waals surface area contributed by atoms with E-state index >= 15 is 0 Å². The summed E-state index contributed by atoms with van der Waals surface area (Å²) in [6.07, 6.45) is 1.20. The molecule has 1 atom stereocenters. The molecule has 0 aliphatic carbocycles. The van der Waals surface area contributed by atoms with Gasteiger partial charge in [-0.05, 0) is 18.2 Å². The Balaban J connectivity index is 1.86. The Bertz CT molecular complexity index is 1100. The summed E-state index contributed by atoms with van der Waals surface area (Å²) in [7, 11) is 3.20. The number of thioether (sulfide) groups is 1. The van der Waals surface area contributed by atoms with Crippen molar-refractivity contribution in [1.82, 2.24) is 15.2 Å². The van der Waals surface area contributed by atoms with Gasteiger partial charge in [0.1, 0.15) is 0 Å². The molecule has 1 aliphatic rings. The highest BCUT2D eigenvalue weighted by atomic mass is 79.9. The van der Waals surface area contributed by atoms with Gasteiger partial charge >= 0.3 is 0 Å². The minimum absolute atomic E-state index is 0.389. The number of methoxy groups -OCH3 is 2. The van der Waals surface area contributed by atoms with Crippen LogP contribution in [0.2, 0.25) is 0 Å². The molecule has 7 nitrogen and oxygen atoms in total. The van der Waals surface area contributed by atoms with Gasteiger partial charge in [0.25, 0.3) is 0 Å². The Hall–Kier alpha value is -2.78. The summed E-state index contributed by atoms with van der Waals surface area (Å²) in [5.41, 5.74) is 3.04. The van der Waals surface area contributed by atoms with Crippen LogP contribution in [0.25, 0.3) is 11.3 Å². The largest absolute Gasteiger partial charge is 0.493 e. The molecule has 0 bridgehead atoms. The summed E-state index contributed by atoms with van der Waals surface area (Å²) in [6, 6.07) is 11.6. The SMILES string of the molecule is C=CCSc1nnc2c(n1)OC(c1cc(Br)cc(OC)c1OC)Nc1ccccc1-2. The van der Waals surface area contributed by atoms with Crippen molar-refractivity contribution in [3.8, 4) is 28.6 Å². The summed E-state index contributed by atoms with van der Waals surface area (Å²) in [5.74, 6) is 2.23. The first-order valence-electron chi connectivity index (χ1n) is 9.07. The van der Waals surface area contributed by atoms with Gasteiger partial charge in [0.15, 0.2) is 17.2 Å². The zero-order valence-corrected chi connectivity index (χ0v) is 18.8. The third-order valence-corrected chi connectivity index (χ3v) is 5.71. The van der Waals surface area contributed by atoms with Gasteiger partial charge < -0.3 is 19.5 Å². The molecule has 30 heavy (non-hydrogen) atoms. The molecule has 2 aromatic carbocycles. The molecule has 0 saturated heterocycles. The van der Waals surface area contributed by atoms with E-state index in [1.165, 1.54) is 11.8 Å². The highest BCUT2D eigenvalue weighted by molar-refractivity contribution is 9.10. The van der Waals surface area contributed by atoms with Gasteiger partial charge in [0, 0.05) is 21.5 Å². The Morgan fingerprint density at radius 1 is 1.23 bits per heavy atom. The van der Waals surface area contributed by atoms with Crippen LogP contribution in [0.15, 0.2) is 58.7 Å². The molecule has 2 heterocycles. The first-order valence-corrected chi connectivity index (χ1v) is 10.8. The van der Waals surface area contributed by atoms with Gasteiger partial charge in [0.2, 0.25) is 17.3 Å². The van der Waals surface area contributed by atoms with Crippen LogP contribution in [0.3, 0.4) is 0 Å². The van der Waals surface area contributed by atoms with Crippen molar-refractivity contribution >= 4 is 33.4 Å². The van der Waals surface area contributed by atoms with Crippen molar-refractivity contribution in [3.63, 3.8) is 0 Å². The number of aromatic nitrogens is 3. The number of ether oxygens (including phenoxy) is 3. The Morgan fingerprint density at radius 2 is 2.07 bits per heavy atom. The van der Waals surface area contributed by atoms with Gasteiger partial charge in [-0.1, -0.05) is 52.0 Å². The molecule has 1 aliphatic heterocycles. The lowest BCUT2D eigenvalue weighted by molar-refractivity contribution is 0.218. The van der Waals surface area contributed by atoms with Gasteiger partial charge in [-0.3, -0.25) is 0 Å². The summed E-state index contributed by atoms with van der Waals surface area (Å²) in [6.45, 7) is 3.74. The van der Waals surface area contributed by atoms with Crippen LogP contribution in [-0.2, 0) is 0 Å². The zero-order chi connectivity index (χ0) is 21.1. The lowest BCUT2D eigenvalue weighted by Gasteiger charge is -2.22. The second-order valence-electron chi connectivity index (χ2n) is 6.27. The van der Waals surface area contributed by atoms with Crippen molar-refractivity contribution in [2.24, 2.45) is 0 Å². The fourth-order valence-corrected chi connectivity index (χ4v) is 4.10. The number of anilines is 1. The summed E-state index contributed by atoms with van der Waals surface area (Å²) < 4.78 is 18.3. The number of nitrogens with zero attached hydrogens (tertiary/aromatic N) is 3. The normalized spacial score (nSPS) is 14.4. The van der Waals surface area contributed by atoms with E-state index in [0.717, 1.165) is 21.3 Å². The Morgan fingerprint density at radius 3 is 2.83 bits per heavy atom. The first kappa shape index (κ1) is 20.5. The monoisotopic (exact) mass is 486 g/mol. The highest BCUT2D eigenvalue weighted by Crippen LogP contribution is 2.44. The maximum absolute atomic E-state index is 6.32. The van der Waals surface area contributed by atoms with Crippen molar-refractivity contribution < 1.29 is 14.2 Å². The van der Waals surface area contributed by atoms with Crippen molar-refractivity contribution in [1.29, 1.82) is 0 Å². The topological polar surface area (TPSA) is 78.4 Å². The van der Waals surface area contributed by atoms with Crippen LogP contribution in [0, 0.1) is 0 Å². The van der Waals surface area contributed by atoms with Crippen LogP contribution in [0.4, 0.5) is 5.69 Å². The third kappa shape index (κ3) is 3.95. The summed E-state index contributed by atoms with van der Waals surface area (Å²) in [4.78, 5) is 4.60. The third-order valence-electron chi connectivity index (χ3n) is 4.42. The Labute approximate surface area is 187 Å². The number of fused-ring (bicyclic) bond motifs is 3. The van der Waals surface area contributed by atoms with E-state index in [4.69, 9.17) is 14.2 Å². The average Bonchev–Trinajstić information content (AvgIpc) is 2.93. The highest BCUT2D eigenvalue weighted by Gasteiger charge is 2.29. The molecule has 0 spiro atoms. The Kier molecular flexibility index (Phi) is 6.10. The molecule has 0 fully saturated rings. The van der Waals surface area contributed by atoms with Crippen LogP contribution >= 0.6 is 27.7 Å². The fourth-order valence-electron chi connectivity index (χ4n) is 3.14. The molecular formula is C21H19BrN4O3S. The molecule has 9 heteroatoms. The molecular weight excluding hydrogens is 468 g/mol. The lowest BCUT2D eigenvalue weighted by atomic mass is 10.1. The molecule has 1 aromatic heterocycles. The van der Waals surface area contributed by atoms with E-state index in [2.05, 4.69) is 43.0 Å². The second-order valence-corrected chi connectivity index (χ2v) is 8.17. The molecule has 0 amide bonds. The van der Waals surface area contributed by atoms with E-state index in [1.54, 1.807) is 20.3 Å². The van der Waals surface area contributed by atoms with Crippen molar-refractivity contribution in [2.75, 3.05) is 25.3 Å². The predicted octanol–water partition coefficient (Wildman–Crippen LogP) is 5.10. The van der Waals surface area contributed by atoms with Crippen LogP contribution in [-0.4, -0.2) is 35.2 Å². The van der Waals surface area contributed by atoms with Crippen LogP contribution < -0.4 is 19.5 Å². The van der Waals surface area contributed by atoms with Gasteiger partial charge in [-0.2, -0.15) is 4.98 Å². The molecule has 4 rings (SSSR count). The van der Waals surface area contributed by atoms with Crippen LogP contribution in [0.1, 0.15) is 11.8 Å². The van der Waals surface area contributed by atoms with E-state index in [9.17, 15) is 0 Å². The van der Waals surface area contributed by atoms with Gasteiger partial charge in [-0.25, -0.2) is 0 Å². The number of para-hydroxylation sites is 1. The maximum Gasteiger partial charge on any atom is 0.247 e. The van der Waals surface area contributed by atoms with Crippen molar-refractivity contribution in [2.45, 2.75) is 11.4 Å². The smallest absolute Gasteiger partial charge is 0.247 e. The van der Waals surface area contributed by atoms with E-state index in [0.29, 0.717) is 34.0 Å². The first-order chi connectivity index (χ1) is 14.6. The molecule has 1 unspecified atom stereocenters. The van der Waals surface area contributed by atoms with E-state index < -0.39 is 6.23 Å². The number of benzene rings is 2. The minimum atomic E-state index is -0.595. The minimum Gasteiger partial charge on any atom is -0.493 e. The number of nitrogens with one attached hydrogen (secondary N) is 1.